The lowest BCUT2D eigenvalue weighted by Gasteiger charge is -2.19. The highest BCUT2D eigenvalue weighted by molar-refractivity contribution is 9.11. The average Bonchev–Trinajstić information content (AvgIpc) is 2.87. The smallest absolute Gasteiger partial charge is 0.250 e. The van der Waals surface area contributed by atoms with E-state index < -0.39 is 10.0 Å². The van der Waals surface area contributed by atoms with Crippen molar-refractivity contribution in [2.45, 2.75) is 4.21 Å². The maximum absolute atomic E-state index is 12.0. The molecule has 20 heavy (non-hydrogen) atoms. The molecule has 0 amide bonds. The van der Waals surface area contributed by atoms with Crippen LogP contribution in [0.15, 0.2) is 50.5 Å². The van der Waals surface area contributed by atoms with Gasteiger partial charge in [-0.25, -0.2) is 13.1 Å². The van der Waals surface area contributed by atoms with Crippen LogP contribution in [0.5, 0.6) is 0 Å². The zero-order chi connectivity index (χ0) is 14.6. The second-order valence-corrected chi connectivity index (χ2v) is 8.67. The number of nitrogens with one attached hydrogen (secondary N) is 1. The molecule has 0 radical (unpaired) electrons. The van der Waals surface area contributed by atoms with E-state index in [1.807, 2.05) is 42.3 Å². The number of para-hydroxylation sites is 1. The summed E-state index contributed by atoms with van der Waals surface area (Å²) < 4.78 is 27.8. The van der Waals surface area contributed by atoms with Crippen molar-refractivity contribution < 1.29 is 8.42 Å². The van der Waals surface area contributed by atoms with Crippen LogP contribution in [0, 0.1) is 0 Å². The van der Waals surface area contributed by atoms with E-state index in [2.05, 4.69) is 20.7 Å². The molecule has 1 aromatic carbocycles. The zero-order valence-electron chi connectivity index (χ0n) is 10.9. The van der Waals surface area contributed by atoms with Crippen LogP contribution in [0.4, 0.5) is 5.69 Å². The predicted molar refractivity (Wildman–Crippen MR) is 86.9 cm³/mol. The summed E-state index contributed by atoms with van der Waals surface area (Å²) in [5, 5.41) is 0. The maximum Gasteiger partial charge on any atom is 0.250 e. The molecule has 0 saturated heterocycles. The monoisotopic (exact) mass is 374 g/mol. The number of benzene rings is 1. The molecule has 0 saturated carbocycles. The van der Waals surface area contributed by atoms with Gasteiger partial charge in [0.15, 0.2) is 0 Å². The number of rotatable bonds is 6. The summed E-state index contributed by atoms with van der Waals surface area (Å²) in [4.78, 5) is 2.01. The SMILES string of the molecule is CN(CCNS(=O)(=O)c1ccc(Br)s1)c1ccccc1. The van der Waals surface area contributed by atoms with E-state index in [0.717, 1.165) is 9.47 Å². The summed E-state index contributed by atoms with van der Waals surface area (Å²) in [7, 11) is -1.47. The molecule has 2 aromatic rings. The molecule has 0 bridgehead atoms. The van der Waals surface area contributed by atoms with E-state index in [1.165, 1.54) is 11.3 Å². The first-order chi connectivity index (χ1) is 9.49. The standard InChI is InChI=1S/C13H15BrN2O2S2/c1-16(11-5-3-2-4-6-11)10-9-15-20(17,18)13-8-7-12(14)19-13/h2-8,15H,9-10H2,1H3. The number of likely N-dealkylation sites (N-methyl/N-ethyl adjacent to an activating group) is 1. The van der Waals surface area contributed by atoms with E-state index in [9.17, 15) is 8.42 Å². The molecule has 1 heterocycles. The molecule has 0 unspecified atom stereocenters. The van der Waals surface area contributed by atoms with E-state index in [4.69, 9.17) is 0 Å². The molecular formula is C13H15BrN2O2S2. The molecule has 0 spiro atoms. The summed E-state index contributed by atoms with van der Waals surface area (Å²) in [5.41, 5.74) is 1.06. The largest absolute Gasteiger partial charge is 0.373 e. The van der Waals surface area contributed by atoms with Crippen molar-refractivity contribution in [1.29, 1.82) is 0 Å². The first-order valence-corrected chi connectivity index (χ1v) is 9.09. The van der Waals surface area contributed by atoms with Gasteiger partial charge in [-0.2, -0.15) is 0 Å². The van der Waals surface area contributed by atoms with Crippen LogP contribution in [-0.2, 0) is 10.0 Å². The lowest BCUT2D eigenvalue weighted by atomic mass is 10.3. The quantitative estimate of drug-likeness (QED) is 0.845. The minimum atomic E-state index is -3.41. The third-order valence-corrected chi connectivity index (χ3v) is 6.33. The van der Waals surface area contributed by atoms with E-state index in [0.29, 0.717) is 17.3 Å². The summed E-state index contributed by atoms with van der Waals surface area (Å²) in [6.45, 7) is 0.971. The van der Waals surface area contributed by atoms with Gasteiger partial charge in [-0.1, -0.05) is 18.2 Å². The highest BCUT2D eigenvalue weighted by atomic mass is 79.9. The molecule has 0 fully saturated rings. The highest BCUT2D eigenvalue weighted by Crippen LogP contribution is 2.25. The number of thiophene rings is 1. The minimum absolute atomic E-state index is 0.326. The topological polar surface area (TPSA) is 49.4 Å². The third kappa shape index (κ3) is 4.05. The third-order valence-electron chi connectivity index (χ3n) is 2.75. The molecule has 0 atom stereocenters. The molecule has 4 nitrogen and oxygen atoms in total. The van der Waals surface area contributed by atoms with Gasteiger partial charge in [0.1, 0.15) is 4.21 Å². The van der Waals surface area contributed by atoms with Crippen molar-refractivity contribution in [3.05, 3.63) is 46.3 Å². The Morgan fingerprint density at radius 2 is 1.90 bits per heavy atom. The Morgan fingerprint density at radius 3 is 2.50 bits per heavy atom. The number of anilines is 1. The van der Waals surface area contributed by atoms with Gasteiger partial charge in [-0.05, 0) is 40.2 Å². The number of nitrogens with zero attached hydrogens (tertiary/aromatic N) is 1. The Kier molecular flexibility index (Phi) is 5.20. The molecule has 108 valence electrons. The molecule has 0 aliphatic rings. The predicted octanol–water partition coefficient (Wildman–Crippen LogP) is 2.93. The van der Waals surface area contributed by atoms with Crippen LogP contribution >= 0.6 is 27.3 Å². The molecule has 0 aliphatic carbocycles. The van der Waals surface area contributed by atoms with Gasteiger partial charge in [0, 0.05) is 25.8 Å². The van der Waals surface area contributed by atoms with Gasteiger partial charge in [0.25, 0.3) is 0 Å². The molecule has 1 aromatic heterocycles. The summed E-state index contributed by atoms with van der Waals surface area (Å²) in [5.74, 6) is 0. The van der Waals surface area contributed by atoms with Gasteiger partial charge in [-0.15, -0.1) is 11.3 Å². The summed E-state index contributed by atoms with van der Waals surface area (Å²) in [6.07, 6.45) is 0. The number of halogens is 1. The number of hydrogen-bond acceptors (Lipinski definition) is 4. The Bertz CT molecular complexity index is 656. The van der Waals surface area contributed by atoms with Crippen LogP contribution < -0.4 is 9.62 Å². The van der Waals surface area contributed by atoms with Crippen molar-refractivity contribution in [1.82, 2.24) is 4.72 Å². The Morgan fingerprint density at radius 1 is 1.20 bits per heavy atom. The van der Waals surface area contributed by atoms with Crippen LogP contribution in [0.2, 0.25) is 0 Å². The van der Waals surface area contributed by atoms with E-state index in [-0.39, 0.29) is 0 Å². The van der Waals surface area contributed by atoms with Gasteiger partial charge >= 0.3 is 0 Å². The van der Waals surface area contributed by atoms with Crippen LogP contribution in [0.3, 0.4) is 0 Å². The fourth-order valence-corrected chi connectivity index (χ4v) is 4.75. The Balaban J connectivity index is 1.90. The van der Waals surface area contributed by atoms with E-state index in [1.54, 1.807) is 12.1 Å². The van der Waals surface area contributed by atoms with Crippen molar-refractivity contribution in [2.75, 3.05) is 25.0 Å². The highest BCUT2D eigenvalue weighted by Gasteiger charge is 2.15. The molecular weight excluding hydrogens is 360 g/mol. The summed E-state index contributed by atoms with van der Waals surface area (Å²) in [6, 6.07) is 13.2. The first kappa shape index (κ1) is 15.5. The van der Waals surface area contributed by atoms with Gasteiger partial charge in [0.05, 0.1) is 3.79 Å². The van der Waals surface area contributed by atoms with Gasteiger partial charge in [-0.3, -0.25) is 0 Å². The fraction of sp³-hybridized carbons (Fsp3) is 0.231. The second-order valence-electron chi connectivity index (χ2n) is 4.21. The molecule has 7 heteroatoms. The van der Waals surface area contributed by atoms with Gasteiger partial charge < -0.3 is 4.90 Å². The van der Waals surface area contributed by atoms with Crippen LogP contribution in [0.1, 0.15) is 0 Å². The van der Waals surface area contributed by atoms with Crippen molar-refractivity contribution in [3.63, 3.8) is 0 Å². The Hall–Kier alpha value is -0.890. The number of sulfonamides is 1. The normalized spacial score (nSPS) is 11.5. The van der Waals surface area contributed by atoms with Crippen molar-refractivity contribution in [2.24, 2.45) is 0 Å². The van der Waals surface area contributed by atoms with Crippen LogP contribution in [-0.4, -0.2) is 28.6 Å². The Labute approximate surface area is 131 Å². The number of hydrogen-bond donors (Lipinski definition) is 1. The van der Waals surface area contributed by atoms with Crippen molar-refractivity contribution in [3.8, 4) is 0 Å². The molecule has 1 N–H and O–H groups in total. The molecule has 0 aliphatic heterocycles. The molecule has 2 rings (SSSR count). The first-order valence-electron chi connectivity index (χ1n) is 6.00. The van der Waals surface area contributed by atoms with Crippen LogP contribution in [0.25, 0.3) is 0 Å². The lowest BCUT2D eigenvalue weighted by Crippen LogP contribution is -2.32. The average molecular weight is 375 g/mol. The lowest BCUT2D eigenvalue weighted by molar-refractivity contribution is 0.583. The van der Waals surface area contributed by atoms with Crippen molar-refractivity contribution >= 4 is 43.0 Å². The summed E-state index contributed by atoms with van der Waals surface area (Å²) >= 11 is 4.47. The van der Waals surface area contributed by atoms with Gasteiger partial charge in [0.2, 0.25) is 10.0 Å². The van der Waals surface area contributed by atoms with E-state index >= 15 is 0 Å². The fourth-order valence-electron chi connectivity index (χ4n) is 1.67. The zero-order valence-corrected chi connectivity index (χ0v) is 14.1. The minimum Gasteiger partial charge on any atom is -0.373 e. The maximum atomic E-state index is 12.0. The second kappa shape index (κ2) is 6.71.